The Morgan fingerprint density at radius 2 is 1.65 bits per heavy atom. The predicted molar refractivity (Wildman–Crippen MR) is 115 cm³/mol. The van der Waals surface area contributed by atoms with Crippen molar-refractivity contribution in [1.82, 2.24) is 0 Å². The summed E-state index contributed by atoms with van der Waals surface area (Å²) in [5.41, 5.74) is 1.34. The summed E-state index contributed by atoms with van der Waals surface area (Å²) < 4.78 is 40.7. The van der Waals surface area contributed by atoms with Crippen molar-refractivity contribution in [1.29, 1.82) is 0 Å². The Balaban J connectivity index is 1.64. The zero-order chi connectivity index (χ0) is 22.2. The molecule has 3 aromatic rings. The van der Waals surface area contributed by atoms with Gasteiger partial charge in [0.2, 0.25) is 10.0 Å². The van der Waals surface area contributed by atoms with Gasteiger partial charge in [-0.1, -0.05) is 30.3 Å². The number of aliphatic hydroxyl groups excluding tert-OH is 1. The van der Waals surface area contributed by atoms with Crippen molar-refractivity contribution in [2.75, 3.05) is 4.31 Å². The fourth-order valence-electron chi connectivity index (χ4n) is 4.03. The van der Waals surface area contributed by atoms with E-state index in [0.717, 1.165) is 0 Å². The average Bonchev–Trinajstić information content (AvgIpc) is 2.74. The molecule has 1 aliphatic heterocycles. The standard InChI is InChI=1S/C23H22FNO5S/c24-16-8-6-15(7-9-16)20(27)12-13-22-23(19-11-10-18(26)14-21(19)28)25(31(22,29)30)17-4-2-1-3-5-17/h1-11,14,20,22-23,26-28H,12-13H2/t20-,22+,23+/m0/s1. The van der Waals surface area contributed by atoms with Gasteiger partial charge >= 0.3 is 0 Å². The Morgan fingerprint density at radius 1 is 0.968 bits per heavy atom. The highest BCUT2D eigenvalue weighted by molar-refractivity contribution is 7.95. The molecule has 0 bridgehead atoms. The van der Waals surface area contributed by atoms with Crippen LogP contribution in [0.2, 0.25) is 0 Å². The van der Waals surface area contributed by atoms with Gasteiger partial charge in [-0.2, -0.15) is 0 Å². The van der Waals surface area contributed by atoms with Gasteiger partial charge in [0.05, 0.1) is 17.8 Å². The Morgan fingerprint density at radius 3 is 2.29 bits per heavy atom. The second-order valence-corrected chi connectivity index (χ2v) is 9.58. The lowest BCUT2D eigenvalue weighted by atomic mass is 9.95. The van der Waals surface area contributed by atoms with Gasteiger partial charge in [0.25, 0.3) is 0 Å². The number of halogens is 1. The van der Waals surface area contributed by atoms with Crippen LogP contribution in [0.4, 0.5) is 10.1 Å². The number of anilines is 1. The summed E-state index contributed by atoms with van der Waals surface area (Å²) >= 11 is 0. The van der Waals surface area contributed by atoms with Crippen LogP contribution in [0.25, 0.3) is 0 Å². The molecule has 1 heterocycles. The molecular weight excluding hydrogens is 421 g/mol. The van der Waals surface area contributed by atoms with Crippen LogP contribution in [0.1, 0.15) is 36.1 Å². The first-order valence-corrected chi connectivity index (χ1v) is 11.3. The fraction of sp³-hybridized carbons (Fsp3) is 0.217. The molecule has 0 radical (unpaired) electrons. The molecular formula is C23H22FNO5S. The maximum absolute atomic E-state index is 13.2. The second-order valence-electron chi connectivity index (χ2n) is 7.55. The molecule has 1 fully saturated rings. The van der Waals surface area contributed by atoms with Crippen LogP contribution in [-0.2, 0) is 10.0 Å². The number of aliphatic hydroxyl groups is 1. The quantitative estimate of drug-likeness (QED) is 0.535. The molecule has 3 atom stereocenters. The fourth-order valence-corrected chi connectivity index (χ4v) is 6.15. The normalized spacial score (nSPS) is 20.8. The molecule has 4 rings (SSSR count). The van der Waals surface area contributed by atoms with Crippen molar-refractivity contribution in [3.05, 3.63) is 89.7 Å². The highest BCUT2D eigenvalue weighted by atomic mass is 32.2. The molecule has 0 aromatic heterocycles. The number of phenolic OH excluding ortho intramolecular Hbond substituents is 2. The monoisotopic (exact) mass is 443 g/mol. The van der Waals surface area contributed by atoms with Gasteiger partial charge in [-0.15, -0.1) is 0 Å². The predicted octanol–water partition coefficient (Wildman–Crippen LogP) is 4.01. The Labute approximate surface area is 179 Å². The molecule has 162 valence electrons. The minimum Gasteiger partial charge on any atom is -0.508 e. The van der Waals surface area contributed by atoms with Crippen LogP contribution in [0.3, 0.4) is 0 Å². The van der Waals surface area contributed by atoms with Crippen LogP contribution < -0.4 is 4.31 Å². The first-order chi connectivity index (χ1) is 14.8. The van der Waals surface area contributed by atoms with Crippen molar-refractivity contribution in [3.63, 3.8) is 0 Å². The molecule has 8 heteroatoms. The number of para-hydroxylation sites is 1. The van der Waals surface area contributed by atoms with Crippen LogP contribution in [0.15, 0.2) is 72.8 Å². The summed E-state index contributed by atoms with van der Waals surface area (Å²) in [7, 11) is -3.74. The van der Waals surface area contributed by atoms with Crippen LogP contribution in [-0.4, -0.2) is 29.0 Å². The zero-order valence-electron chi connectivity index (χ0n) is 16.5. The molecule has 0 saturated carbocycles. The van der Waals surface area contributed by atoms with Crippen molar-refractivity contribution in [2.45, 2.75) is 30.2 Å². The van der Waals surface area contributed by atoms with E-state index >= 15 is 0 Å². The van der Waals surface area contributed by atoms with Crippen LogP contribution in [0, 0.1) is 5.82 Å². The van der Waals surface area contributed by atoms with Gasteiger partial charge in [0, 0.05) is 11.6 Å². The summed E-state index contributed by atoms with van der Waals surface area (Å²) in [4.78, 5) is 0. The van der Waals surface area contributed by atoms with E-state index in [0.29, 0.717) is 16.8 Å². The number of rotatable bonds is 6. The number of hydrogen-bond acceptors (Lipinski definition) is 5. The first-order valence-electron chi connectivity index (χ1n) is 9.83. The lowest BCUT2D eigenvalue weighted by Crippen LogP contribution is -2.58. The Hall–Kier alpha value is -3.10. The topological polar surface area (TPSA) is 98.1 Å². The van der Waals surface area contributed by atoms with Gasteiger partial charge in [-0.25, -0.2) is 12.8 Å². The summed E-state index contributed by atoms with van der Waals surface area (Å²) in [6.45, 7) is 0. The van der Waals surface area contributed by atoms with Gasteiger partial charge in [0.1, 0.15) is 22.6 Å². The lowest BCUT2D eigenvalue weighted by molar-refractivity contribution is 0.162. The molecule has 6 nitrogen and oxygen atoms in total. The molecule has 0 unspecified atom stereocenters. The van der Waals surface area contributed by atoms with Crippen LogP contribution in [0.5, 0.6) is 11.5 Å². The van der Waals surface area contributed by atoms with Gasteiger partial charge in [0.15, 0.2) is 0 Å². The van der Waals surface area contributed by atoms with E-state index in [1.807, 2.05) is 0 Å². The molecule has 3 aromatic carbocycles. The van der Waals surface area contributed by atoms with E-state index in [1.165, 1.54) is 46.8 Å². The van der Waals surface area contributed by atoms with E-state index in [4.69, 9.17) is 0 Å². The summed E-state index contributed by atoms with van der Waals surface area (Å²) in [6.07, 6.45) is -0.668. The largest absolute Gasteiger partial charge is 0.508 e. The number of sulfonamides is 1. The average molecular weight is 443 g/mol. The summed E-state index contributed by atoms with van der Waals surface area (Å²) in [5, 5.41) is 29.6. The van der Waals surface area contributed by atoms with Crippen molar-refractivity contribution in [2.24, 2.45) is 0 Å². The smallest absolute Gasteiger partial charge is 0.241 e. The summed E-state index contributed by atoms with van der Waals surface area (Å²) in [5.74, 6) is -0.748. The van der Waals surface area contributed by atoms with Crippen molar-refractivity contribution >= 4 is 15.7 Å². The lowest BCUT2D eigenvalue weighted by Gasteiger charge is -2.48. The maximum Gasteiger partial charge on any atom is 0.241 e. The third-order valence-electron chi connectivity index (χ3n) is 5.58. The number of nitrogens with zero attached hydrogens (tertiary/aromatic N) is 1. The van der Waals surface area contributed by atoms with E-state index in [2.05, 4.69) is 0 Å². The SMILES string of the molecule is O=S1(=O)[C@H](CC[C@H](O)c2ccc(F)cc2)[C@@H](c2ccc(O)cc2O)N1c1ccccc1. The Bertz CT molecular complexity index is 1170. The van der Waals surface area contributed by atoms with Crippen LogP contribution >= 0.6 is 0 Å². The number of phenols is 2. The minimum absolute atomic E-state index is 0.127. The highest BCUT2D eigenvalue weighted by Crippen LogP contribution is 2.50. The van der Waals surface area contributed by atoms with E-state index in [9.17, 15) is 28.1 Å². The third kappa shape index (κ3) is 3.96. The van der Waals surface area contributed by atoms with E-state index < -0.39 is 33.2 Å². The van der Waals surface area contributed by atoms with Gasteiger partial charge < -0.3 is 15.3 Å². The maximum atomic E-state index is 13.2. The number of aromatic hydroxyl groups is 2. The van der Waals surface area contributed by atoms with E-state index in [1.54, 1.807) is 30.3 Å². The number of benzene rings is 3. The van der Waals surface area contributed by atoms with Gasteiger partial charge in [-0.3, -0.25) is 4.31 Å². The highest BCUT2D eigenvalue weighted by Gasteiger charge is 2.54. The molecule has 31 heavy (non-hydrogen) atoms. The first kappa shape index (κ1) is 21.1. The molecule has 1 aliphatic rings. The second kappa shape index (κ2) is 8.20. The minimum atomic E-state index is -3.74. The molecule has 0 amide bonds. The third-order valence-corrected chi connectivity index (χ3v) is 7.83. The zero-order valence-corrected chi connectivity index (χ0v) is 17.3. The van der Waals surface area contributed by atoms with Crippen molar-refractivity contribution in [3.8, 4) is 11.5 Å². The molecule has 0 spiro atoms. The van der Waals surface area contributed by atoms with E-state index in [-0.39, 0.29) is 24.3 Å². The summed E-state index contributed by atoms with van der Waals surface area (Å²) in [6, 6.07) is 17.4. The Kier molecular flexibility index (Phi) is 5.60. The molecule has 0 aliphatic carbocycles. The molecule has 1 saturated heterocycles. The number of hydrogen-bond donors (Lipinski definition) is 3. The van der Waals surface area contributed by atoms with Gasteiger partial charge in [-0.05, 0) is 54.8 Å². The molecule has 3 N–H and O–H groups in total. The van der Waals surface area contributed by atoms with Crippen molar-refractivity contribution < 1.29 is 28.1 Å².